The van der Waals surface area contributed by atoms with E-state index in [0.717, 1.165) is 10.2 Å². The molecule has 8 heteroatoms. The van der Waals surface area contributed by atoms with Gasteiger partial charge in [0.1, 0.15) is 6.54 Å². The normalized spacial score (nSPS) is 12.3. The van der Waals surface area contributed by atoms with E-state index < -0.39 is 11.1 Å². The molecule has 2 N–H and O–H groups in total. The number of amides is 1. The lowest BCUT2D eigenvalue weighted by atomic mass is 10.1. The van der Waals surface area contributed by atoms with Crippen LogP contribution in [0.5, 0.6) is 11.5 Å². The predicted octanol–water partition coefficient (Wildman–Crippen LogP) is 0.777. The topological polar surface area (TPSA) is 102 Å². The summed E-state index contributed by atoms with van der Waals surface area (Å²) in [4.78, 5) is 36.6. The van der Waals surface area contributed by atoms with E-state index in [0.29, 0.717) is 29.9 Å². The highest BCUT2D eigenvalue weighted by Gasteiger charge is 2.13. The van der Waals surface area contributed by atoms with Gasteiger partial charge >= 0.3 is 0 Å². The van der Waals surface area contributed by atoms with E-state index >= 15 is 0 Å². The first-order chi connectivity index (χ1) is 13.1. The SMILES string of the molecule is O=C(Cn1[nH]c(=O)c2ccccc2c1=O)NCCc1ccc2c(c1)OCO2. The van der Waals surface area contributed by atoms with Gasteiger partial charge in [-0.1, -0.05) is 18.2 Å². The van der Waals surface area contributed by atoms with Crippen LogP contribution in [0.2, 0.25) is 0 Å². The molecule has 27 heavy (non-hydrogen) atoms. The van der Waals surface area contributed by atoms with Gasteiger partial charge in [-0.05, 0) is 36.2 Å². The second-order valence-electron chi connectivity index (χ2n) is 6.17. The Kier molecular flexibility index (Phi) is 4.37. The molecular weight excluding hydrogens is 350 g/mol. The first kappa shape index (κ1) is 16.9. The molecule has 0 fully saturated rings. The van der Waals surface area contributed by atoms with E-state index in [1.165, 1.54) is 0 Å². The molecule has 1 aromatic heterocycles. The van der Waals surface area contributed by atoms with E-state index in [4.69, 9.17) is 9.47 Å². The monoisotopic (exact) mass is 367 g/mol. The Hall–Kier alpha value is -3.55. The number of aromatic nitrogens is 2. The molecule has 1 aliphatic rings. The second-order valence-corrected chi connectivity index (χ2v) is 6.17. The predicted molar refractivity (Wildman–Crippen MR) is 98.1 cm³/mol. The maximum atomic E-state index is 12.4. The van der Waals surface area contributed by atoms with Crippen molar-refractivity contribution >= 4 is 16.7 Å². The van der Waals surface area contributed by atoms with Crippen molar-refractivity contribution < 1.29 is 14.3 Å². The van der Waals surface area contributed by atoms with Crippen LogP contribution in [0.3, 0.4) is 0 Å². The summed E-state index contributed by atoms with van der Waals surface area (Å²) in [7, 11) is 0. The third kappa shape index (κ3) is 3.41. The van der Waals surface area contributed by atoms with E-state index in [-0.39, 0.29) is 24.6 Å². The second kappa shape index (κ2) is 6.99. The van der Waals surface area contributed by atoms with E-state index in [1.807, 2.05) is 18.2 Å². The molecule has 0 unspecified atom stereocenters. The molecule has 1 amide bonds. The van der Waals surface area contributed by atoms with Gasteiger partial charge in [-0.3, -0.25) is 19.5 Å². The molecule has 0 bridgehead atoms. The number of nitrogens with zero attached hydrogens (tertiary/aromatic N) is 1. The van der Waals surface area contributed by atoms with Crippen LogP contribution in [0.4, 0.5) is 0 Å². The number of nitrogens with one attached hydrogen (secondary N) is 2. The number of carbonyl (C=O) groups excluding carboxylic acids is 1. The number of rotatable bonds is 5. The lowest BCUT2D eigenvalue weighted by Gasteiger charge is -2.08. The number of hydrogen-bond acceptors (Lipinski definition) is 5. The minimum absolute atomic E-state index is 0.217. The number of benzene rings is 2. The third-order valence-corrected chi connectivity index (χ3v) is 4.36. The summed E-state index contributed by atoms with van der Waals surface area (Å²) in [5, 5.41) is 5.79. The molecule has 0 spiro atoms. The summed E-state index contributed by atoms with van der Waals surface area (Å²) in [6.45, 7) is 0.360. The molecule has 0 aliphatic carbocycles. The van der Waals surface area contributed by atoms with Gasteiger partial charge < -0.3 is 14.8 Å². The number of hydrogen-bond donors (Lipinski definition) is 2. The minimum atomic E-state index is -0.406. The first-order valence-corrected chi connectivity index (χ1v) is 8.49. The molecule has 3 aromatic rings. The summed E-state index contributed by atoms with van der Waals surface area (Å²) in [5.41, 5.74) is 0.185. The number of H-pyrrole nitrogens is 1. The van der Waals surface area contributed by atoms with Crippen LogP contribution in [-0.2, 0) is 17.8 Å². The quantitative estimate of drug-likeness (QED) is 0.694. The lowest BCUT2D eigenvalue weighted by Crippen LogP contribution is -2.37. The molecule has 4 rings (SSSR count). The number of aromatic amines is 1. The van der Waals surface area contributed by atoms with E-state index in [1.54, 1.807) is 24.3 Å². The zero-order chi connectivity index (χ0) is 18.8. The van der Waals surface area contributed by atoms with Crippen LogP contribution in [-0.4, -0.2) is 29.0 Å². The van der Waals surface area contributed by atoms with Crippen molar-refractivity contribution in [2.75, 3.05) is 13.3 Å². The van der Waals surface area contributed by atoms with Crippen molar-refractivity contribution in [2.45, 2.75) is 13.0 Å². The van der Waals surface area contributed by atoms with Gasteiger partial charge in [-0.15, -0.1) is 0 Å². The first-order valence-electron chi connectivity index (χ1n) is 8.49. The average molecular weight is 367 g/mol. The smallest absolute Gasteiger partial charge is 0.273 e. The molecule has 1 aliphatic heterocycles. The fourth-order valence-corrected chi connectivity index (χ4v) is 3.00. The zero-order valence-electron chi connectivity index (χ0n) is 14.4. The fraction of sp³-hybridized carbons (Fsp3) is 0.211. The molecule has 0 saturated carbocycles. The summed E-state index contributed by atoms with van der Waals surface area (Å²) < 4.78 is 11.6. The van der Waals surface area contributed by atoms with Gasteiger partial charge in [-0.25, -0.2) is 4.68 Å². The Morgan fingerprint density at radius 3 is 2.70 bits per heavy atom. The molecule has 0 atom stereocenters. The van der Waals surface area contributed by atoms with Crippen LogP contribution in [0.15, 0.2) is 52.1 Å². The van der Waals surface area contributed by atoms with Crippen molar-refractivity contribution in [1.82, 2.24) is 15.1 Å². The molecule has 8 nitrogen and oxygen atoms in total. The Morgan fingerprint density at radius 1 is 1.07 bits per heavy atom. The van der Waals surface area contributed by atoms with Crippen LogP contribution in [0.25, 0.3) is 10.8 Å². The summed E-state index contributed by atoms with van der Waals surface area (Å²) >= 11 is 0. The molecule has 0 saturated heterocycles. The summed E-state index contributed by atoms with van der Waals surface area (Å²) in [6, 6.07) is 12.1. The Labute approximate surface area is 153 Å². The highest BCUT2D eigenvalue weighted by atomic mass is 16.7. The van der Waals surface area contributed by atoms with Crippen LogP contribution in [0, 0.1) is 0 Å². The van der Waals surface area contributed by atoms with Crippen LogP contribution in [0.1, 0.15) is 5.56 Å². The van der Waals surface area contributed by atoms with Crippen LogP contribution < -0.4 is 25.9 Å². The largest absolute Gasteiger partial charge is 0.454 e. The number of carbonyl (C=O) groups is 1. The lowest BCUT2D eigenvalue weighted by molar-refractivity contribution is -0.121. The molecular formula is C19H17N3O5. The fourth-order valence-electron chi connectivity index (χ4n) is 3.00. The van der Waals surface area contributed by atoms with Crippen molar-refractivity contribution in [2.24, 2.45) is 0 Å². The third-order valence-electron chi connectivity index (χ3n) is 4.36. The maximum absolute atomic E-state index is 12.4. The minimum Gasteiger partial charge on any atom is -0.454 e. The summed E-state index contributed by atoms with van der Waals surface area (Å²) in [6.07, 6.45) is 0.603. The van der Waals surface area contributed by atoms with Gasteiger partial charge in [0, 0.05) is 6.54 Å². The molecule has 2 heterocycles. The van der Waals surface area contributed by atoms with Gasteiger partial charge in [-0.2, -0.15) is 0 Å². The highest BCUT2D eigenvalue weighted by Crippen LogP contribution is 2.32. The Morgan fingerprint density at radius 2 is 1.85 bits per heavy atom. The van der Waals surface area contributed by atoms with E-state index in [9.17, 15) is 14.4 Å². The van der Waals surface area contributed by atoms with Crippen molar-refractivity contribution in [3.8, 4) is 11.5 Å². The Bertz CT molecular complexity index is 1130. The van der Waals surface area contributed by atoms with E-state index in [2.05, 4.69) is 10.4 Å². The molecule has 2 aromatic carbocycles. The molecule has 138 valence electrons. The van der Waals surface area contributed by atoms with Gasteiger partial charge in [0.25, 0.3) is 11.1 Å². The van der Waals surface area contributed by atoms with Crippen molar-refractivity contribution in [3.05, 3.63) is 68.7 Å². The summed E-state index contributed by atoms with van der Waals surface area (Å²) in [5.74, 6) is 1.05. The van der Waals surface area contributed by atoms with Crippen molar-refractivity contribution in [1.29, 1.82) is 0 Å². The standard InChI is InChI=1S/C19H17N3O5/c23-17(20-8-7-12-5-6-15-16(9-12)27-11-26-15)10-22-19(25)14-4-2-1-3-13(14)18(24)21-22/h1-6,9H,7-8,10-11H2,(H,20,23)(H,21,24). The van der Waals surface area contributed by atoms with Gasteiger partial charge in [0.05, 0.1) is 10.8 Å². The van der Waals surface area contributed by atoms with Crippen molar-refractivity contribution in [3.63, 3.8) is 0 Å². The van der Waals surface area contributed by atoms with Crippen LogP contribution >= 0.6 is 0 Å². The average Bonchev–Trinajstić information content (AvgIpc) is 3.14. The number of ether oxygens (including phenoxy) is 2. The highest BCUT2D eigenvalue weighted by molar-refractivity contribution is 5.81. The molecule has 0 radical (unpaired) electrons. The Balaban J connectivity index is 1.40. The maximum Gasteiger partial charge on any atom is 0.273 e. The van der Waals surface area contributed by atoms with Gasteiger partial charge in [0.2, 0.25) is 12.7 Å². The number of fused-ring (bicyclic) bond motifs is 2. The zero-order valence-corrected chi connectivity index (χ0v) is 14.4. The van der Waals surface area contributed by atoms with Gasteiger partial charge in [0.15, 0.2) is 11.5 Å².